The lowest BCUT2D eigenvalue weighted by Gasteiger charge is -2.16. The summed E-state index contributed by atoms with van der Waals surface area (Å²) in [5.41, 5.74) is 1.94. The Hall–Kier alpha value is -1.99. The van der Waals surface area contributed by atoms with Gasteiger partial charge in [-0.15, -0.1) is 0 Å². The highest BCUT2D eigenvalue weighted by Crippen LogP contribution is 2.41. The van der Waals surface area contributed by atoms with Crippen molar-refractivity contribution in [2.75, 3.05) is 18.4 Å². The number of rotatable bonds is 2. The smallest absolute Gasteiger partial charge is 0.206 e. The molecule has 0 spiro atoms. The molecule has 2 aliphatic rings. The maximum atomic E-state index is 13.5. The summed E-state index contributed by atoms with van der Waals surface area (Å²) < 4.78 is 52.2. The molecule has 2 aliphatic heterocycles. The van der Waals surface area contributed by atoms with Crippen LogP contribution in [0.25, 0.3) is 0 Å². The molecule has 25 heavy (non-hydrogen) atoms. The van der Waals surface area contributed by atoms with Gasteiger partial charge in [-0.3, -0.25) is 0 Å². The standard InChI is InChI=1S/C18H18F2N2O2S/c19-15-3-1-12(10-16(15)20)25(23,24)11-2-4-17-14(9-11)13-5-7-21-8-6-18(13)22-17/h1-4,9-10,13,18,21-22H,5-8H2/t13-,18-/m0/s1. The first-order valence-corrected chi connectivity index (χ1v) is 9.76. The van der Waals surface area contributed by atoms with Crippen LogP contribution in [0.15, 0.2) is 46.2 Å². The minimum atomic E-state index is -3.90. The number of anilines is 1. The lowest BCUT2D eigenvalue weighted by Crippen LogP contribution is -2.21. The van der Waals surface area contributed by atoms with Crippen molar-refractivity contribution in [1.82, 2.24) is 5.32 Å². The van der Waals surface area contributed by atoms with Crippen molar-refractivity contribution < 1.29 is 17.2 Å². The Kier molecular flexibility index (Phi) is 4.00. The number of sulfone groups is 1. The SMILES string of the molecule is O=S(=O)(c1ccc(F)c(F)c1)c1ccc2c(c1)[C@@H]1CCNCC[C@@H]1N2. The van der Waals surface area contributed by atoms with Crippen molar-refractivity contribution in [2.24, 2.45) is 0 Å². The molecule has 0 saturated carbocycles. The Morgan fingerprint density at radius 1 is 0.920 bits per heavy atom. The van der Waals surface area contributed by atoms with Gasteiger partial charge in [0.2, 0.25) is 9.84 Å². The summed E-state index contributed by atoms with van der Waals surface area (Å²) in [6, 6.07) is 7.92. The second-order valence-electron chi connectivity index (χ2n) is 6.51. The van der Waals surface area contributed by atoms with Crippen LogP contribution in [-0.2, 0) is 9.84 Å². The van der Waals surface area contributed by atoms with Crippen LogP contribution in [0.5, 0.6) is 0 Å². The van der Waals surface area contributed by atoms with Crippen molar-refractivity contribution in [3.8, 4) is 0 Å². The number of fused-ring (bicyclic) bond motifs is 3. The molecule has 0 radical (unpaired) electrons. The first-order chi connectivity index (χ1) is 12.0. The van der Waals surface area contributed by atoms with Crippen molar-refractivity contribution >= 4 is 15.5 Å². The molecule has 2 atom stereocenters. The van der Waals surface area contributed by atoms with E-state index in [1.807, 2.05) is 0 Å². The van der Waals surface area contributed by atoms with Crippen LogP contribution in [0.1, 0.15) is 24.3 Å². The zero-order valence-corrected chi connectivity index (χ0v) is 14.2. The third-order valence-electron chi connectivity index (χ3n) is 5.03. The quantitative estimate of drug-likeness (QED) is 0.804. The van der Waals surface area contributed by atoms with Crippen molar-refractivity contribution in [2.45, 2.75) is 34.6 Å². The predicted octanol–water partition coefficient (Wildman–Crippen LogP) is 3.06. The molecule has 2 aromatic carbocycles. The molecule has 132 valence electrons. The van der Waals surface area contributed by atoms with E-state index in [-0.39, 0.29) is 15.7 Å². The van der Waals surface area contributed by atoms with Gasteiger partial charge in [0.15, 0.2) is 11.6 Å². The molecule has 7 heteroatoms. The molecule has 4 rings (SSSR count). The Balaban J connectivity index is 1.75. The summed E-state index contributed by atoms with van der Waals surface area (Å²) in [6.07, 6.45) is 1.91. The van der Waals surface area contributed by atoms with Gasteiger partial charge in [0.25, 0.3) is 0 Å². The van der Waals surface area contributed by atoms with E-state index in [9.17, 15) is 17.2 Å². The van der Waals surface area contributed by atoms with E-state index in [2.05, 4.69) is 10.6 Å². The molecule has 2 aromatic rings. The highest BCUT2D eigenvalue weighted by atomic mass is 32.2. The Morgan fingerprint density at radius 2 is 1.64 bits per heavy atom. The number of hydrogen-bond donors (Lipinski definition) is 2. The fourth-order valence-corrected chi connectivity index (χ4v) is 5.02. The number of hydrogen-bond acceptors (Lipinski definition) is 4. The summed E-state index contributed by atoms with van der Waals surface area (Å²) >= 11 is 0. The molecule has 2 N–H and O–H groups in total. The highest BCUT2D eigenvalue weighted by Gasteiger charge is 2.34. The van der Waals surface area contributed by atoms with Crippen LogP contribution in [-0.4, -0.2) is 27.5 Å². The van der Waals surface area contributed by atoms with Crippen LogP contribution < -0.4 is 10.6 Å². The minimum absolute atomic E-state index is 0.108. The van der Waals surface area contributed by atoms with Crippen LogP contribution in [0, 0.1) is 11.6 Å². The van der Waals surface area contributed by atoms with E-state index >= 15 is 0 Å². The topological polar surface area (TPSA) is 58.2 Å². The van der Waals surface area contributed by atoms with Crippen LogP contribution >= 0.6 is 0 Å². The van der Waals surface area contributed by atoms with E-state index in [4.69, 9.17) is 0 Å². The first-order valence-electron chi connectivity index (χ1n) is 8.28. The molecule has 1 fully saturated rings. The van der Waals surface area contributed by atoms with Crippen LogP contribution in [0.3, 0.4) is 0 Å². The van der Waals surface area contributed by atoms with Gasteiger partial charge in [0, 0.05) is 17.6 Å². The van der Waals surface area contributed by atoms with Gasteiger partial charge in [0.05, 0.1) is 9.79 Å². The summed E-state index contributed by atoms with van der Waals surface area (Å²) in [4.78, 5) is -0.131. The lowest BCUT2D eigenvalue weighted by molar-refractivity contribution is 0.504. The second kappa shape index (κ2) is 6.07. The molecule has 0 aliphatic carbocycles. The van der Waals surface area contributed by atoms with E-state index in [0.29, 0.717) is 6.04 Å². The minimum Gasteiger partial charge on any atom is -0.381 e. The fraction of sp³-hybridized carbons (Fsp3) is 0.333. The normalized spacial score (nSPS) is 22.6. The Labute approximate surface area is 145 Å². The average Bonchev–Trinajstić information content (AvgIpc) is 2.77. The molecular weight excluding hydrogens is 346 g/mol. The lowest BCUT2D eigenvalue weighted by atomic mass is 9.91. The van der Waals surface area contributed by atoms with Crippen LogP contribution in [0.4, 0.5) is 14.5 Å². The van der Waals surface area contributed by atoms with E-state index < -0.39 is 21.5 Å². The van der Waals surface area contributed by atoms with Gasteiger partial charge in [0.1, 0.15) is 0 Å². The summed E-state index contributed by atoms with van der Waals surface area (Å²) in [5, 5.41) is 6.82. The van der Waals surface area contributed by atoms with Gasteiger partial charge in [-0.2, -0.15) is 0 Å². The second-order valence-corrected chi connectivity index (χ2v) is 8.46. The van der Waals surface area contributed by atoms with Crippen molar-refractivity contribution in [1.29, 1.82) is 0 Å². The molecule has 0 amide bonds. The number of nitrogens with one attached hydrogen (secondary N) is 2. The Morgan fingerprint density at radius 3 is 2.44 bits per heavy atom. The maximum absolute atomic E-state index is 13.5. The molecule has 0 unspecified atom stereocenters. The van der Waals surface area contributed by atoms with Gasteiger partial charge in [-0.25, -0.2) is 17.2 Å². The number of benzene rings is 2. The third-order valence-corrected chi connectivity index (χ3v) is 6.77. The molecule has 1 saturated heterocycles. The molecule has 2 heterocycles. The largest absolute Gasteiger partial charge is 0.381 e. The first kappa shape index (κ1) is 16.5. The van der Waals surface area contributed by atoms with E-state index in [1.165, 1.54) is 6.07 Å². The number of halogens is 2. The fourth-order valence-electron chi connectivity index (χ4n) is 3.71. The van der Waals surface area contributed by atoms with Gasteiger partial charge < -0.3 is 10.6 Å². The zero-order valence-electron chi connectivity index (χ0n) is 13.4. The monoisotopic (exact) mass is 364 g/mol. The predicted molar refractivity (Wildman–Crippen MR) is 90.5 cm³/mol. The van der Waals surface area contributed by atoms with Crippen molar-refractivity contribution in [3.63, 3.8) is 0 Å². The van der Waals surface area contributed by atoms with Gasteiger partial charge in [-0.1, -0.05) is 0 Å². The average molecular weight is 364 g/mol. The molecule has 0 bridgehead atoms. The van der Waals surface area contributed by atoms with Crippen LogP contribution in [0.2, 0.25) is 0 Å². The summed E-state index contributed by atoms with van der Waals surface area (Å²) in [6.45, 7) is 1.82. The zero-order chi connectivity index (χ0) is 17.6. The molecular formula is C18H18F2N2O2S. The third kappa shape index (κ3) is 2.81. The van der Waals surface area contributed by atoms with Gasteiger partial charge >= 0.3 is 0 Å². The summed E-state index contributed by atoms with van der Waals surface area (Å²) in [5.74, 6) is -1.98. The van der Waals surface area contributed by atoms with Gasteiger partial charge in [-0.05, 0) is 67.9 Å². The highest BCUT2D eigenvalue weighted by molar-refractivity contribution is 7.91. The Bertz CT molecular complexity index is 931. The molecule has 4 nitrogen and oxygen atoms in total. The summed E-state index contributed by atoms with van der Waals surface area (Å²) in [7, 11) is -3.90. The maximum Gasteiger partial charge on any atom is 0.206 e. The van der Waals surface area contributed by atoms with E-state index in [1.54, 1.807) is 12.1 Å². The van der Waals surface area contributed by atoms with E-state index in [0.717, 1.165) is 55.4 Å². The van der Waals surface area contributed by atoms with Crippen molar-refractivity contribution in [3.05, 3.63) is 53.6 Å². The molecule has 0 aromatic heterocycles.